The van der Waals surface area contributed by atoms with Gasteiger partial charge in [0.25, 0.3) is 0 Å². The Balaban J connectivity index is 1.91. The van der Waals surface area contributed by atoms with Gasteiger partial charge >= 0.3 is 0 Å². The molecule has 7 heteroatoms. The lowest BCUT2D eigenvalue weighted by atomic mass is 9.99. The Kier molecular flexibility index (Phi) is 6.28. The van der Waals surface area contributed by atoms with Crippen molar-refractivity contribution < 1.29 is 17.9 Å². The highest BCUT2D eigenvalue weighted by atomic mass is 32.2. The Labute approximate surface area is 165 Å². The molecule has 0 saturated carbocycles. The third-order valence-electron chi connectivity index (χ3n) is 4.36. The maximum Gasteiger partial charge on any atom is 0.242 e. The first-order valence-corrected chi connectivity index (χ1v) is 10.2. The predicted molar refractivity (Wildman–Crippen MR) is 107 cm³/mol. The minimum Gasteiger partial charge on any atom is -0.497 e. The molecule has 0 fully saturated rings. The summed E-state index contributed by atoms with van der Waals surface area (Å²) >= 11 is 0. The molecule has 3 aromatic rings. The van der Waals surface area contributed by atoms with E-state index in [2.05, 4.69) is 9.71 Å². The molecule has 0 radical (unpaired) electrons. The van der Waals surface area contributed by atoms with Crippen molar-refractivity contribution in [2.75, 3.05) is 14.2 Å². The Bertz CT molecular complexity index is 989. The van der Waals surface area contributed by atoms with Gasteiger partial charge in [-0.3, -0.25) is 4.98 Å². The lowest BCUT2D eigenvalue weighted by Crippen LogP contribution is -2.30. The van der Waals surface area contributed by atoms with Crippen molar-refractivity contribution in [1.29, 1.82) is 0 Å². The maximum atomic E-state index is 12.8. The standard InChI is InChI=1S/C21H22N2O4S/c1-26-18-9-5-16(6-10-18)14-21(17-7-11-19(27-2)12-8-17)23-28(24,25)20-4-3-13-22-15-20/h3-13,15,21,23H,14H2,1-2H3. The van der Waals surface area contributed by atoms with Crippen molar-refractivity contribution in [1.82, 2.24) is 9.71 Å². The summed E-state index contributed by atoms with van der Waals surface area (Å²) in [5, 5.41) is 0. The number of benzene rings is 2. The van der Waals surface area contributed by atoms with Gasteiger partial charge in [-0.2, -0.15) is 0 Å². The van der Waals surface area contributed by atoms with Crippen molar-refractivity contribution >= 4 is 10.0 Å². The van der Waals surface area contributed by atoms with Gasteiger partial charge in [-0.25, -0.2) is 13.1 Å². The highest BCUT2D eigenvalue weighted by Crippen LogP contribution is 2.24. The molecule has 0 spiro atoms. The summed E-state index contributed by atoms with van der Waals surface area (Å²) in [5.41, 5.74) is 1.82. The molecule has 3 rings (SSSR count). The lowest BCUT2D eigenvalue weighted by Gasteiger charge is -2.20. The zero-order valence-electron chi connectivity index (χ0n) is 15.7. The first-order valence-electron chi connectivity index (χ1n) is 8.71. The summed E-state index contributed by atoms with van der Waals surface area (Å²) in [4.78, 5) is 4.04. The van der Waals surface area contributed by atoms with E-state index in [1.807, 2.05) is 48.5 Å². The number of methoxy groups -OCH3 is 2. The monoisotopic (exact) mass is 398 g/mol. The first kappa shape index (κ1) is 19.9. The molecule has 6 nitrogen and oxygen atoms in total. The van der Waals surface area contributed by atoms with E-state index in [0.29, 0.717) is 12.2 Å². The van der Waals surface area contributed by atoms with Gasteiger partial charge in [0.05, 0.1) is 20.3 Å². The minimum atomic E-state index is -3.72. The van der Waals surface area contributed by atoms with Crippen LogP contribution in [0.3, 0.4) is 0 Å². The van der Waals surface area contributed by atoms with Crippen LogP contribution in [0.25, 0.3) is 0 Å². The van der Waals surface area contributed by atoms with Crippen LogP contribution in [0.4, 0.5) is 0 Å². The molecule has 1 unspecified atom stereocenters. The van der Waals surface area contributed by atoms with Crippen molar-refractivity contribution in [3.05, 3.63) is 84.2 Å². The zero-order chi connectivity index (χ0) is 20.0. The fourth-order valence-corrected chi connectivity index (χ4v) is 4.01. The smallest absolute Gasteiger partial charge is 0.242 e. The molecule has 0 aliphatic rings. The summed E-state index contributed by atoms with van der Waals surface area (Å²) in [6, 6.07) is 17.6. The second-order valence-corrected chi connectivity index (χ2v) is 7.90. The van der Waals surface area contributed by atoms with Gasteiger partial charge in [0, 0.05) is 12.4 Å². The van der Waals surface area contributed by atoms with Crippen LogP contribution < -0.4 is 14.2 Å². The third kappa shape index (κ3) is 4.88. The molecule has 28 heavy (non-hydrogen) atoms. The molecular formula is C21H22N2O4S. The molecule has 0 bridgehead atoms. The first-order chi connectivity index (χ1) is 13.5. The van der Waals surface area contributed by atoms with Crippen LogP contribution in [0.2, 0.25) is 0 Å². The molecule has 1 N–H and O–H groups in total. The molecule has 0 amide bonds. The van der Waals surface area contributed by atoms with Crippen LogP contribution in [-0.2, 0) is 16.4 Å². The van der Waals surface area contributed by atoms with Gasteiger partial charge in [-0.05, 0) is 53.9 Å². The van der Waals surface area contributed by atoms with Gasteiger partial charge in [0.2, 0.25) is 10.0 Å². The number of nitrogens with zero attached hydrogens (tertiary/aromatic N) is 1. The van der Waals surface area contributed by atoms with Crippen LogP contribution in [0.15, 0.2) is 78.0 Å². The largest absolute Gasteiger partial charge is 0.497 e. The SMILES string of the molecule is COc1ccc(CC(NS(=O)(=O)c2cccnc2)c2ccc(OC)cc2)cc1. The fraction of sp³-hybridized carbons (Fsp3) is 0.190. The van der Waals surface area contributed by atoms with Crippen molar-refractivity contribution in [3.63, 3.8) is 0 Å². The maximum absolute atomic E-state index is 12.8. The Morgan fingerprint density at radius 2 is 1.54 bits per heavy atom. The molecule has 0 aliphatic carbocycles. The number of nitrogens with one attached hydrogen (secondary N) is 1. The summed E-state index contributed by atoms with van der Waals surface area (Å²) in [7, 11) is -0.524. The molecule has 1 heterocycles. The van der Waals surface area contributed by atoms with E-state index < -0.39 is 16.1 Å². The second kappa shape index (κ2) is 8.86. The Morgan fingerprint density at radius 3 is 2.07 bits per heavy atom. The predicted octanol–water partition coefficient (Wildman–Crippen LogP) is 3.36. The number of pyridine rings is 1. The molecule has 146 valence electrons. The average Bonchev–Trinajstić information content (AvgIpc) is 2.74. The van der Waals surface area contributed by atoms with Crippen LogP contribution in [0.1, 0.15) is 17.2 Å². The summed E-state index contributed by atoms with van der Waals surface area (Å²) in [6.07, 6.45) is 3.36. The molecule has 1 atom stereocenters. The molecule has 1 aromatic heterocycles. The van der Waals surface area contributed by atoms with Crippen molar-refractivity contribution in [3.8, 4) is 11.5 Å². The van der Waals surface area contributed by atoms with Crippen LogP contribution >= 0.6 is 0 Å². The molecule has 2 aromatic carbocycles. The van der Waals surface area contributed by atoms with Gasteiger partial charge < -0.3 is 9.47 Å². The van der Waals surface area contributed by atoms with Gasteiger partial charge in [0.15, 0.2) is 0 Å². The third-order valence-corrected chi connectivity index (χ3v) is 5.82. The van der Waals surface area contributed by atoms with Gasteiger partial charge in [-0.1, -0.05) is 24.3 Å². The topological polar surface area (TPSA) is 77.5 Å². The number of aromatic nitrogens is 1. The fourth-order valence-electron chi connectivity index (χ4n) is 2.82. The number of hydrogen-bond donors (Lipinski definition) is 1. The molecule has 0 aliphatic heterocycles. The van der Waals surface area contributed by atoms with Crippen LogP contribution in [0.5, 0.6) is 11.5 Å². The summed E-state index contributed by atoms with van der Waals surface area (Å²) in [6.45, 7) is 0. The van der Waals surface area contributed by atoms with E-state index in [-0.39, 0.29) is 4.90 Å². The average molecular weight is 398 g/mol. The van der Waals surface area contributed by atoms with E-state index in [0.717, 1.165) is 16.9 Å². The lowest BCUT2D eigenvalue weighted by molar-refractivity contribution is 0.414. The van der Waals surface area contributed by atoms with E-state index in [1.54, 1.807) is 20.3 Å². The van der Waals surface area contributed by atoms with Crippen LogP contribution in [0, 0.1) is 0 Å². The Morgan fingerprint density at radius 1 is 0.929 bits per heavy atom. The van der Waals surface area contributed by atoms with Gasteiger partial charge in [-0.15, -0.1) is 0 Å². The van der Waals surface area contributed by atoms with E-state index >= 15 is 0 Å². The van der Waals surface area contributed by atoms with Crippen molar-refractivity contribution in [2.24, 2.45) is 0 Å². The number of sulfonamides is 1. The van der Waals surface area contributed by atoms with E-state index in [9.17, 15) is 8.42 Å². The van der Waals surface area contributed by atoms with Crippen LogP contribution in [-0.4, -0.2) is 27.6 Å². The second-order valence-electron chi connectivity index (χ2n) is 6.19. The normalized spacial score (nSPS) is 12.4. The minimum absolute atomic E-state index is 0.128. The van der Waals surface area contributed by atoms with Crippen molar-refractivity contribution in [2.45, 2.75) is 17.4 Å². The highest BCUT2D eigenvalue weighted by molar-refractivity contribution is 7.89. The highest BCUT2D eigenvalue weighted by Gasteiger charge is 2.22. The molecule has 0 saturated heterocycles. The zero-order valence-corrected chi connectivity index (χ0v) is 16.5. The Hall–Kier alpha value is -2.90. The summed E-state index contributed by atoms with van der Waals surface area (Å²) in [5.74, 6) is 1.46. The number of hydrogen-bond acceptors (Lipinski definition) is 5. The van der Waals surface area contributed by atoms with E-state index in [1.165, 1.54) is 18.5 Å². The quantitative estimate of drug-likeness (QED) is 0.630. The summed E-state index contributed by atoms with van der Waals surface area (Å²) < 4.78 is 38.9. The number of rotatable bonds is 8. The van der Waals surface area contributed by atoms with Gasteiger partial charge in [0.1, 0.15) is 16.4 Å². The van der Waals surface area contributed by atoms with E-state index in [4.69, 9.17) is 9.47 Å². The molecular weight excluding hydrogens is 376 g/mol. The number of ether oxygens (including phenoxy) is 2.